The van der Waals surface area contributed by atoms with E-state index in [2.05, 4.69) is 20.4 Å². The second kappa shape index (κ2) is 4.76. The Bertz CT molecular complexity index is 677. The van der Waals surface area contributed by atoms with Crippen molar-refractivity contribution in [2.75, 3.05) is 5.32 Å². The molecule has 0 aliphatic carbocycles. The minimum atomic E-state index is -1.03. The summed E-state index contributed by atoms with van der Waals surface area (Å²) in [7, 11) is 0. The van der Waals surface area contributed by atoms with Crippen LogP contribution in [0.25, 0.3) is 0 Å². The van der Waals surface area contributed by atoms with Gasteiger partial charge < -0.3 is 10.4 Å². The van der Waals surface area contributed by atoms with Gasteiger partial charge in [-0.2, -0.15) is 10.1 Å². The zero-order valence-electron chi connectivity index (χ0n) is 10.8. The molecular formula is C13H13N5O2. The highest BCUT2D eigenvalue weighted by atomic mass is 16.4. The number of allylic oxidation sites excluding steroid dienone is 1. The van der Waals surface area contributed by atoms with E-state index in [0.717, 1.165) is 5.69 Å². The van der Waals surface area contributed by atoms with E-state index in [-0.39, 0.29) is 11.7 Å². The lowest BCUT2D eigenvalue weighted by molar-refractivity contribution is -0.132. The van der Waals surface area contributed by atoms with E-state index in [4.69, 9.17) is 0 Å². The molecule has 0 unspecified atom stereocenters. The zero-order valence-corrected chi connectivity index (χ0v) is 10.8. The van der Waals surface area contributed by atoms with E-state index < -0.39 is 5.97 Å². The number of hydrogen-bond acceptors (Lipinski definition) is 5. The fourth-order valence-electron chi connectivity index (χ4n) is 2.07. The maximum absolute atomic E-state index is 11.2. The van der Waals surface area contributed by atoms with Gasteiger partial charge in [0, 0.05) is 12.6 Å². The largest absolute Gasteiger partial charge is 0.477 e. The van der Waals surface area contributed by atoms with Crippen LogP contribution in [0.5, 0.6) is 0 Å². The Balaban J connectivity index is 2.11. The van der Waals surface area contributed by atoms with Crippen molar-refractivity contribution in [3.63, 3.8) is 0 Å². The van der Waals surface area contributed by atoms with Crippen molar-refractivity contribution in [2.45, 2.75) is 19.4 Å². The van der Waals surface area contributed by atoms with Gasteiger partial charge in [0.05, 0.1) is 5.69 Å². The number of carboxylic acid groups (broad SMARTS) is 1. The van der Waals surface area contributed by atoms with Gasteiger partial charge in [-0.25, -0.2) is 9.48 Å². The maximum atomic E-state index is 11.2. The molecule has 0 saturated carbocycles. The summed E-state index contributed by atoms with van der Waals surface area (Å²) in [6, 6.07) is 5.14. The Kier molecular flexibility index (Phi) is 2.94. The number of carbonyl (C=O) groups is 1. The topological polar surface area (TPSA) is 92.9 Å². The number of aryl methyl sites for hydroxylation is 1. The van der Waals surface area contributed by atoms with Gasteiger partial charge in [0.1, 0.15) is 11.7 Å². The summed E-state index contributed by atoms with van der Waals surface area (Å²) in [4.78, 5) is 19.8. The Labute approximate surface area is 115 Å². The molecule has 0 aromatic carbocycles. The van der Waals surface area contributed by atoms with Gasteiger partial charge in [0.25, 0.3) is 0 Å². The van der Waals surface area contributed by atoms with Crippen LogP contribution in [0, 0.1) is 0 Å². The summed E-state index contributed by atoms with van der Waals surface area (Å²) in [5, 5.41) is 16.3. The highest BCUT2D eigenvalue weighted by Crippen LogP contribution is 2.27. The first-order valence-electron chi connectivity index (χ1n) is 6.27. The van der Waals surface area contributed by atoms with Crippen LogP contribution in [0.3, 0.4) is 0 Å². The van der Waals surface area contributed by atoms with Gasteiger partial charge in [-0.3, -0.25) is 4.98 Å². The summed E-state index contributed by atoms with van der Waals surface area (Å²) in [6.07, 6.45) is 3.94. The molecule has 102 valence electrons. The molecule has 0 bridgehead atoms. The minimum absolute atomic E-state index is 0.0863. The number of hydrogen-bond donors (Lipinski definition) is 2. The van der Waals surface area contributed by atoms with Gasteiger partial charge >= 0.3 is 5.97 Å². The molecule has 1 aliphatic heterocycles. The molecule has 0 amide bonds. The molecule has 7 nitrogen and oxygen atoms in total. The normalized spacial score (nSPS) is 17.1. The number of nitrogens with one attached hydrogen (secondary N) is 1. The third-order valence-electron chi connectivity index (χ3n) is 3.05. The van der Waals surface area contributed by atoms with E-state index in [9.17, 15) is 9.90 Å². The van der Waals surface area contributed by atoms with Crippen molar-refractivity contribution in [2.24, 2.45) is 0 Å². The number of carboxylic acids is 1. The van der Waals surface area contributed by atoms with Gasteiger partial charge in [0.15, 0.2) is 5.82 Å². The average molecular weight is 271 g/mol. The predicted molar refractivity (Wildman–Crippen MR) is 71.1 cm³/mol. The predicted octanol–water partition coefficient (Wildman–Crippen LogP) is 1.22. The van der Waals surface area contributed by atoms with Gasteiger partial charge in [-0.15, -0.1) is 0 Å². The molecule has 0 spiro atoms. The monoisotopic (exact) mass is 271 g/mol. The van der Waals surface area contributed by atoms with Gasteiger partial charge in [-0.1, -0.05) is 13.0 Å². The first kappa shape index (κ1) is 12.3. The van der Waals surface area contributed by atoms with Crippen molar-refractivity contribution in [1.29, 1.82) is 0 Å². The number of rotatable bonds is 3. The van der Waals surface area contributed by atoms with E-state index in [1.54, 1.807) is 17.0 Å². The van der Waals surface area contributed by atoms with E-state index >= 15 is 0 Å². The van der Waals surface area contributed by atoms with E-state index in [0.29, 0.717) is 18.2 Å². The second-order valence-corrected chi connectivity index (χ2v) is 4.36. The van der Waals surface area contributed by atoms with Crippen LogP contribution in [0.15, 0.2) is 36.2 Å². The number of fused-ring (bicyclic) bond motifs is 1. The first-order valence-corrected chi connectivity index (χ1v) is 6.27. The fraction of sp³-hybridized carbons (Fsp3) is 0.231. The van der Waals surface area contributed by atoms with Crippen molar-refractivity contribution in [3.8, 4) is 0 Å². The summed E-state index contributed by atoms with van der Waals surface area (Å²) in [5.74, 6) is 0.0594. The van der Waals surface area contributed by atoms with Crippen LogP contribution < -0.4 is 5.32 Å². The molecule has 0 radical (unpaired) electrons. The number of aliphatic carboxylic acids is 1. The Morgan fingerprint density at radius 3 is 3.00 bits per heavy atom. The molecule has 2 aromatic heterocycles. The molecule has 1 aliphatic rings. The van der Waals surface area contributed by atoms with Crippen LogP contribution in [0.2, 0.25) is 0 Å². The standard InChI is InChI=1S/C13H13N5O2/c1-2-11-16-13-15-9(12(19)20)7-10(18(13)17-11)8-5-3-4-6-14-8/h3-7,10H,2H2,1H3,(H,19,20)(H,15,16,17)/t10-/m0/s1. The number of anilines is 1. The Morgan fingerprint density at radius 2 is 2.35 bits per heavy atom. The molecule has 0 saturated heterocycles. The second-order valence-electron chi connectivity index (χ2n) is 4.36. The lowest BCUT2D eigenvalue weighted by Gasteiger charge is -2.21. The molecule has 7 heteroatoms. The number of nitrogens with zero attached hydrogens (tertiary/aromatic N) is 4. The number of pyridine rings is 1. The molecule has 3 heterocycles. The summed E-state index contributed by atoms with van der Waals surface area (Å²) < 4.78 is 1.66. The molecule has 2 aromatic rings. The zero-order chi connectivity index (χ0) is 14.1. The third kappa shape index (κ3) is 2.03. The summed E-state index contributed by atoms with van der Waals surface area (Å²) in [5.41, 5.74) is 0.810. The average Bonchev–Trinajstić information content (AvgIpc) is 2.90. The van der Waals surface area contributed by atoms with Crippen molar-refractivity contribution in [1.82, 2.24) is 19.7 Å². The fourth-order valence-corrected chi connectivity index (χ4v) is 2.07. The molecule has 2 N–H and O–H groups in total. The first-order chi connectivity index (χ1) is 9.69. The quantitative estimate of drug-likeness (QED) is 0.871. The SMILES string of the molecule is CCc1nc2n(n1)[C@H](c1ccccn1)C=C(C(=O)O)N2. The third-order valence-corrected chi connectivity index (χ3v) is 3.05. The van der Waals surface area contributed by atoms with Crippen LogP contribution in [-0.2, 0) is 11.2 Å². The summed E-state index contributed by atoms with van der Waals surface area (Å²) >= 11 is 0. The van der Waals surface area contributed by atoms with Crippen molar-refractivity contribution < 1.29 is 9.90 Å². The minimum Gasteiger partial charge on any atom is -0.477 e. The highest BCUT2D eigenvalue weighted by molar-refractivity contribution is 5.90. The van der Waals surface area contributed by atoms with Crippen LogP contribution in [-0.4, -0.2) is 30.8 Å². The van der Waals surface area contributed by atoms with Crippen LogP contribution in [0.4, 0.5) is 5.95 Å². The highest BCUT2D eigenvalue weighted by Gasteiger charge is 2.27. The maximum Gasteiger partial charge on any atom is 0.352 e. The van der Waals surface area contributed by atoms with E-state index in [1.807, 2.05) is 25.1 Å². The lowest BCUT2D eigenvalue weighted by atomic mass is 10.1. The molecule has 1 atom stereocenters. The number of aromatic nitrogens is 4. The van der Waals surface area contributed by atoms with Crippen molar-refractivity contribution >= 4 is 11.9 Å². The Morgan fingerprint density at radius 1 is 1.50 bits per heavy atom. The van der Waals surface area contributed by atoms with Gasteiger partial charge in [0.2, 0.25) is 5.95 Å². The van der Waals surface area contributed by atoms with E-state index in [1.165, 1.54) is 0 Å². The lowest BCUT2D eigenvalue weighted by Crippen LogP contribution is -2.24. The molecule has 3 rings (SSSR count). The van der Waals surface area contributed by atoms with Crippen LogP contribution in [0.1, 0.15) is 24.5 Å². The smallest absolute Gasteiger partial charge is 0.352 e. The Hall–Kier alpha value is -2.70. The molecular weight excluding hydrogens is 258 g/mol. The molecule has 20 heavy (non-hydrogen) atoms. The summed E-state index contributed by atoms with van der Waals surface area (Å²) in [6.45, 7) is 1.95. The van der Waals surface area contributed by atoms with Crippen molar-refractivity contribution in [3.05, 3.63) is 47.7 Å². The van der Waals surface area contributed by atoms with Crippen LogP contribution >= 0.6 is 0 Å². The van der Waals surface area contributed by atoms with Gasteiger partial charge in [-0.05, 0) is 18.2 Å². The molecule has 0 fully saturated rings.